The molecule has 0 spiro atoms. The molecule has 3 heteroatoms. The zero-order valence-electron chi connectivity index (χ0n) is 15.5. The molecule has 4 rings (SSSR count). The van der Waals surface area contributed by atoms with Crippen molar-refractivity contribution in [2.45, 2.75) is 32.4 Å². The molecule has 27 heavy (non-hydrogen) atoms. The number of nitrogens with two attached hydrogens (primary N) is 1. The fourth-order valence-corrected chi connectivity index (χ4v) is 3.95. The molecule has 3 aromatic carbocycles. The van der Waals surface area contributed by atoms with Crippen LogP contribution < -0.4 is 11.1 Å². The monoisotopic (exact) mass is 356 g/mol. The number of hydrogen-bond donors (Lipinski definition) is 2. The minimum atomic E-state index is -0.389. The first-order chi connectivity index (χ1) is 13.1. The normalized spacial score (nSPS) is 15.5. The van der Waals surface area contributed by atoms with Crippen LogP contribution in [0.25, 0.3) is 11.1 Å². The first kappa shape index (κ1) is 17.5. The highest BCUT2D eigenvalue weighted by atomic mass is 16.1. The van der Waals surface area contributed by atoms with E-state index in [0.29, 0.717) is 11.6 Å². The maximum Gasteiger partial charge on any atom is 0.248 e. The van der Waals surface area contributed by atoms with Crippen LogP contribution >= 0.6 is 0 Å². The molecule has 3 nitrogen and oxygen atoms in total. The number of aryl methyl sites for hydroxylation is 2. The molecular weight excluding hydrogens is 332 g/mol. The molecule has 1 amide bonds. The molecule has 0 bridgehead atoms. The van der Waals surface area contributed by atoms with Gasteiger partial charge in [-0.1, -0.05) is 54.6 Å². The summed E-state index contributed by atoms with van der Waals surface area (Å²) in [4.78, 5) is 11.3. The maximum absolute atomic E-state index is 11.3. The Bertz CT molecular complexity index is 976. The Morgan fingerprint density at radius 2 is 1.85 bits per heavy atom. The molecule has 3 aromatic rings. The molecule has 0 aromatic heterocycles. The van der Waals surface area contributed by atoms with E-state index in [2.05, 4.69) is 53.8 Å². The summed E-state index contributed by atoms with van der Waals surface area (Å²) >= 11 is 0. The van der Waals surface area contributed by atoms with Crippen molar-refractivity contribution >= 4 is 5.91 Å². The smallest absolute Gasteiger partial charge is 0.248 e. The summed E-state index contributed by atoms with van der Waals surface area (Å²) in [6.07, 6.45) is 2.33. The molecule has 3 N–H and O–H groups in total. The van der Waals surface area contributed by atoms with Crippen molar-refractivity contribution in [2.24, 2.45) is 5.73 Å². The van der Waals surface area contributed by atoms with Gasteiger partial charge in [-0.25, -0.2) is 0 Å². The number of nitrogens with one attached hydrogen (secondary N) is 1. The van der Waals surface area contributed by atoms with E-state index >= 15 is 0 Å². The third-order valence-corrected chi connectivity index (χ3v) is 5.46. The van der Waals surface area contributed by atoms with Crippen molar-refractivity contribution in [1.82, 2.24) is 5.32 Å². The van der Waals surface area contributed by atoms with Gasteiger partial charge in [0.2, 0.25) is 5.91 Å². The number of primary amides is 1. The van der Waals surface area contributed by atoms with Crippen molar-refractivity contribution in [3.8, 4) is 11.1 Å². The van der Waals surface area contributed by atoms with Gasteiger partial charge in [-0.05, 0) is 65.3 Å². The van der Waals surface area contributed by atoms with Gasteiger partial charge in [0.15, 0.2) is 0 Å². The minimum absolute atomic E-state index is 0.389. The number of carbonyl (C=O) groups excluding carboxylic acids is 1. The Morgan fingerprint density at radius 1 is 1.07 bits per heavy atom. The lowest BCUT2D eigenvalue weighted by atomic mass is 9.97. The Labute approximate surface area is 160 Å². The lowest BCUT2D eigenvalue weighted by Gasteiger charge is -2.14. The topological polar surface area (TPSA) is 55.1 Å². The van der Waals surface area contributed by atoms with Gasteiger partial charge in [-0.3, -0.25) is 4.79 Å². The maximum atomic E-state index is 11.3. The minimum Gasteiger partial charge on any atom is -0.366 e. The van der Waals surface area contributed by atoms with Crippen LogP contribution in [0.5, 0.6) is 0 Å². The van der Waals surface area contributed by atoms with Crippen LogP contribution in [0, 0.1) is 6.92 Å². The van der Waals surface area contributed by atoms with Gasteiger partial charge >= 0.3 is 0 Å². The van der Waals surface area contributed by atoms with Gasteiger partial charge in [0.25, 0.3) is 0 Å². The van der Waals surface area contributed by atoms with Crippen LogP contribution in [-0.4, -0.2) is 5.91 Å². The first-order valence-corrected chi connectivity index (χ1v) is 9.43. The van der Waals surface area contributed by atoms with Gasteiger partial charge in [0.05, 0.1) is 0 Å². The lowest BCUT2D eigenvalue weighted by Crippen LogP contribution is -2.18. The number of carbonyl (C=O) groups is 1. The fourth-order valence-electron chi connectivity index (χ4n) is 3.95. The first-order valence-electron chi connectivity index (χ1n) is 9.43. The van der Waals surface area contributed by atoms with Gasteiger partial charge < -0.3 is 11.1 Å². The van der Waals surface area contributed by atoms with Gasteiger partial charge in [0, 0.05) is 18.2 Å². The predicted octanol–water partition coefficient (Wildman–Crippen LogP) is 4.54. The van der Waals surface area contributed by atoms with Crippen LogP contribution in [-0.2, 0) is 13.0 Å². The van der Waals surface area contributed by atoms with E-state index in [9.17, 15) is 4.79 Å². The Kier molecular flexibility index (Phi) is 4.78. The highest BCUT2D eigenvalue weighted by molar-refractivity contribution is 5.93. The van der Waals surface area contributed by atoms with E-state index in [-0.39, 0.29) is 5.91 Å². The van der Waals surface area contributed by atoms with Crippen molar-refractivity contribution in [1.29, 1.82) is 0 Å². The Balaban J connectivity index is 1.45. The molecule has 136 valence electrons. The van der Waals surface area contributed by atoms with Gasteiger partial charge in [-0.15, -0.1) is 0 Å². The molecule has 0 fully saturated rings. The summed E-state index contributed by atoms with van der Waals surface area (Å²) in [5.41, 5.74) is 13.4. The number of rotatable bonds is 5. The highest BCUT2D eigenvalue weighted by Crippen LogP contribution is 2.31. The molecular formula is C24H24N2O. The van der Waals surface area contributed by atoms with Crippen LogP contribution in [0.3, 0.4) is 0 Å². The number of benzene rings is 3. The SMILES string of the molecule is Cc1cc(C(N)=O)ccc1-c1ccc(CNC2CCc3ccccc32)cc1. The second-order valence-corrected chi connectivity index (χ2v) is 7.26. The number of amides is 1. The fraction of sp³-hybridized carbons (Fsp3) is 0.208. The summed E-state index contributed by atoms with van der Waals surface area (Å²) in [5, 5.41) is 3.69. The predicted molar refractivity (Wildman–Crippen MR) is 109 cm³/mol. The molecule has 1 atom stereocenters. The van der Waals surface area contributed by atoms with Crippen molar-refractivity contribution in [2.75, 3.05) is 0 Å². The summed E-state index contributed by atoms with van der Waals surface area (Å²) in [6.45, 7) is 2.87. The molecule has 0 heterocycles. The summed E-state index contributed by atoms with van der Waals surface area (Å²) in [7, 11) is 0. The third-order valence-electron chi connectivity index (χ3n) is 5.46. The Hall–Kier alpha value is -2.91. The second kappa shape index (κ2) is 7.37. The number of hydrogen-bond acceptors (Lipinski definition) is 2. The summed E-state index contributed by atoms with van der Waals surface area (Å²) in [5.74, 6) is -0.389. The van der Waals surface area contributed by atoms with Crippen LogP contribution in [0.15, 0.2) is 66.7 Å². The average Bonchev–Trinajstić information content (AvgIpc) is 3.10. The molecule has 0 aliphatic heterocycles. The quantitative estimate of drug-likeness (QED) is 0.705. The van der Waals surface area contributed by atoms with Crippen LogP contribution in [0.1, 0.15) is 45.1 Å². The third kappa shape index (κ3) is 3.64. The molecule has 0 radical (unpaired) electrons. The highest BCUT2D eigenvalue weighted by Gasteiger charge is 2.20. The summed E-state index contributed by atoms with van der Waals surface area (Å²) in [6, 6.07) is 23.4. The van der Waals surface area contributed by atoms with Gasteiger partial charge in [-0.2, -0.15) is 0 Å². The second-order valence-electron chi connectivity index (χ2n) is 7.26. The molecule has 1 aliphatic rings. The van der Waals surface area contributed by atoms with E-state index < -0.39 is 0 Å². The average molecular weight is 356 g/mol. The van der Waals surface area contributed by atoms with Crippen LogP contribution in [0.4, 0.5) is 0 Å². The van der Waals surface area contributed by atoms with Crippen LogP contribution in [0.2, 0.25) is 0 Å². The number of fused-ring (bicyclic) bond motifs is 1. The zero-order valence-corrected chi connectivity index (χ0v) is 15.5. The van der Waals surface area contributed by atoms with E-state index in [1.165, 1.54) is 23.1 Å². The van der Waals surface area contributed by atoms with Gasteiger partial charge in [0.1, 0.15) is 0 Å². The van der Waals surface area contributed by atoms with Crippen molar-refractivity contribution in [3.05, 3.63) is 94.5 Å². The molecule has 0 saturated heterocycles. The largest absolute Gasteiger partial charge is 0.366 e. The molecule has 0 saturated carbocycles. The Morgan fingerprint density at radius 3 is 2.59 bits per heavy atom. The zero-order chi connectivity index (χ0) is 18.8. The summed E-state index contributed by atoms with van der Waals surface area (Å²) < 4.78 is 0. The van der Waals surface area contributed by atoms with E-state index in [1.54, 1.807) is 6.07 Å². The van der Waals surface area contributed by atoms with E-state index in [4.69, 9.17) is 5.73 Å². The molecule has 1 aliphatic carbocycles. The van der Waals surface area contributed by atoms with E-state index in [1.807, 2.05) is 19.1 Å². The standard InChI is InChI=1S/C24H24N2O/c1-16-14-20(24(25)27)10-12-21(16)19-8-6-17(7-9-19)15-26-23-13-11-18-4-2-3-5-22(18)23/h2-10,12,14,23,26H,11,13,15H2,1H3,(H2,25,27). The van der Waals surface area contributed by atoms with Crippen molar-refractivity contribution < 1.29 is 4.79 Å². The lowest BCUT2D eigenvalue weighted by molar-refractivity contribution is 0.1000. The molecule has 1 unspecified atom stereocenters. The van der Waals surface area contributed by atoms with Crippen molar-refractivity contribution in [3.63, 3.8) is 0 Å². The van der Waals surface area contributed by atoms with E-state index in [0.717, 1.165) is 29.7 Å².